The molecule has 0 radical (unpaired) electrons. The number of aromatic nitrogens is 3. The Bertz CT molecular complexity index is 1340. The number of hydrogen-bond donors (Lipinski definition) is 1. The molecule has 0 bridgehead atoms. The molecule has 1 N–H and O–H groups in total. The van der Waals surface area contributed by atoms with E-state index >= 15 is 0 Å². The van der Waals surface area contributed by atoms with Gasteiger partial charge in [-0.2, -0.15) is 0 Å². The van der Waals surface area contributed by atoms with E-state index in [1.807, 2.05) is 17.7 Å². The Balaban J connectivity index is 1.57. The third-order valence-electron chi connectivity index (χ3n) is 5.01. The molecule has 6 nitrogen and oxygen atoms in total. The standard InChI is InChI=1S/C24H22N4O2S3/c1-13-7-9-31-22(13)20-21(23-14(2)8-10-32-23)27-28-24(26-20)33-12-19(30)17-5-6-18(15(3)11-17)25-16(4)29/h5-11H,12H2,1-4H3,(H,25,29). The number of nitrogens with zero attached hydrogens (tertiary/aromatic N) is 3. The van der Waals surface area contributed by atoms with E-state index in [0.29, 0.717) is 16.4 Å². The van der Waals surface area contributed by atoms with Crippen LogP contribution in [0.25, 0.3) is 21.1 Å². The summed E-state index contributed by atoms with van der Waals surface area (Å²) in [5, 5.41) is 16.1. The first-order valence-electron chi connectivity index (χ1n) is 10.2. The molecule has 9 heteroatoms. The van der Waals surface area contributed by atoms with Crippen molar-refractivity contribution in [2.24, 2.45) is 0 Å². The fourth-order valence-corrected chi connectivity index (χ4v) is 5.80. The van der Waals surface area contributed by atoms with Crippen molar-refractivity contribution in [1.82, 2.24) is 15.2 Å². The fourth-order valence-electron chi connectivity index (χ4n) is 3.29. The van der Waals surface area contributed by atoms with Gasteiger partial charge in [0.1, 0.15) is 11.4 Å². The van der Waals surface area contributed by atoms with Crippen LogP contribution in [0.5, 0.6) is 0 Å². The zero-order chi connectivity index (χ0) is 23.5. The average Bonchev–Trinajstić information content (AvgIpc) is 3.40. The van der Waals surface area contributed by atoms with Crippen LogP contribution in [-0.2, 0) is 4.79 Å². The summed E-state index contributed by atoms with van der Waals surface area (Å²) in [6, 6.07) is 9.39. The smallest absolute Gasteiger partial charge is 0.221 e. The number of carbonyl (C=O) groups is 2. The molecule has 3 heterocycles. The van der Waals surface area contributed by atoms with Gasteiger partial charge in [0.15, 0.2) is 5.78 Å². The molecule has 0 aliphatic rings. The van der Waals surface area contributed by atoms with Gasteiger partial charge in [-0.3, -0.25) is 9.59 Å². The van der Waals surface area contributed by atoms with E-state index in [0.717, 1.165) is 37.8 Å². The Hall–Kier alpha value is -2.88. The monoisotopic (exact) mass is 494 g/mol. The van der Waals surface area contributed by atoms with Gasteiger partial charge in [0.05, 0.1) is 15.5 Å². The van der Waals surface area contributed by atoms with Gasteiger partial charge in [0.25, 0.3) is 0 Å². The molecule has 0 saturated carbocycles. The number of rotatable bonds is 7. The molecule has 0 spiro atoms. The zero-order valence-corrected chi connectivity index (χ0v) is 21.1. The molecular formula is C24H22N4O2S3. The molecule has 0 unspecified atom stereocenters. The Morgan fingerprint density at radius 1 is 0.909 bits per heavy atom. The number of thiophene rings is 2. The van der Waals surface area contributed by atoms with E-state index in [9.17, 15) is 9.59 Å². The third kappa shape index (κ3) is 5.21. The summed E-state index contributed by atoms with van der Waals surface area (Å²) >= 11 is 4.52. The molecule has 3 aromatic heterocycles. The molecule has 1 aromatic carbocycles. The molecule has 0 saturated heterocycles. The molecule has 0 atom stereocenters. The number of hydrogen-bond acceptors (Lipinski definition) is 8. The first-order chi connectivity index (χ1) is 15.8. The van der Waals surface area contributed by atoms with Crippen LogP contribution in [0.2, 0.25) is 0 Å². The second-order valence-electron chi connectivity index (χ2n) is 7.58. The molecule has 0 fully saturated rings. The van der Waals surface area contributed by atoms with Gasteiger partial charge in [0.2, 0.25) is 11.1 Å². The maximum absolute atomic E-state index is 12.8. The summed E-state index contributed by atoms with van der Waals surface area (Å²) < 4.78 is 0. The van der Waals surface area contributed by atoms with Crippen molar-refractivity contribution in [2.45, 2.75) is 32.9 Å². The number of amides is 1. The van der Waals surface area contributed by atoms with Crippen molar-refractivity contribution >= 4 is 51.8 Å². The lowest BCUT2D eigenvalue weighted by molar-refractivity contribution is -0.114. The van der Waals surface area contributed by atoms with E-state index in [1.54, 1.807) is 40.9 Å². The lowest BCUT2D eigenvalue weighted by Gasteiger charge is -2.09. The number of anilines is 1. The Morgan fingerprint density at radius 2 is 1.58 bits per heavy atom. The largest absolute Gasteiger partial charge is 0.326 e. The predicted octanol–water partition coefficient (Wildman–Crippen LogP) is 6.19. The van der Waals surface area contributed by atoms with E-state index in [1.165, 1.54) is 18.7 Å². The van der Waals surface area contributed by atoms with Crippen molar-refractivity contribution in [3.8, 4) is 21.1 Å². The molecule has 1 amide bonds. The van der Waals surface area contributed by atoms with Gasteiger partial charge >= 0.3 is 0 Å². The molecule has 168 valence electrons. The van der Waals surface area contributed by atoms with Crippen molar-refractivity contribution in [1.29, 1.82) is 0 Å². The van der Waals surface area contributed by atoms with E-state index in [-0.39, 0.29) is 17.4 Å². The quantitative estimate of drug-likeness (QED) is 0.244. The van der Waals surface area contributed by atoms with Crippen molar-refractivity contribution < 1.29 is 9.59 Å². The predicted molar refractivity (Wildman–Crippen MR) is 136 cm³/mol. The summed E-state index contributed by atoms with van der Waals surface area (Å²) in [5.41, 5.74) is 5.97. The number of aryl methyl sites for hydroxylation is 3. The first-order valence-corrected chi connectivity index (χ1v) is 13.0. The van der Waals surface area contributed by atoms with Crippen LogP contribution in [-0.4, -0.2) is 32.6 Å². The van der Waals surface area contributed by atoms with Crippen LogP contribution in [0.4, 0.5) is 5.69 Å². The molecule has 33 heavy (non-hydrogen) atoms. The van der Waals surface area contributed by atoms with Crippen LogP contribution in [0.1, 0.15) is 34.0 Å². The number of carbonyl (C=O) groups excluding carboxylic acids is 2. The molecule has 4 rings (SSSR count). The summed E-state index contributed by atoms with van der Waals surface area (Å²) in [7, 11) is 0. The number of thioether (sulfide) groups is 1. The highest BCUT2D eigenvalue weighted by molar-refractivity contribution is 7.99. The number of ketones is 1. The summed E-state index contributed by atoms with van der Waals surface area (Å²) in [6.45, 7) is 7.44. The number of benzene rings is 1. The van der Waals surface area contributed by atoms with Crippen molar-refractivity contribution in [3.63, 3.8) is 0 Å². The van der Waals surface area contributed by atoms with E-state index in [2.05, 4.69) is 41.5 Å². The van der Waals surface area contributed by atoms with Crippen LogP contribution in [0.3, 0.4) is 0 Å². The van der Waals surface area contributed by atoms with Gasteiger partial charge in [-0.25, -0.2) is 4.98 Å². The molecule has 4 aromatic rings. The minimum atomic E-state index is -0.143. The van der Waals surface area contributed by atoms with Gasteiger partial charge in [0, 0.05) is 18.2 Å². The average molecular weight is 495 g/mol. The summed E-state index contributed by atoms with van der Waals surface area (Å²) in [6.07, 6.45) is 0. The van der Waals surface area contributed by atoms with E-state index < -0.39 is 0 Å². The molecule has 0 aliphatic carbocycles. The normalized spacial score (nSPS) is 10.9. The summed E-state index contributed by atoms with van der Waals surface area (Å²) in [5.74, 6) is 0.0179. The highest BCUT2D eigenvalue weighted by Crippen LogP contribution is 2.38. The Kier molecular flexibility index (Phi) is 7.02. The fraction of sp³-hybridized carbons (Fsp3) is 0.208. The second kappa shape index (κ2) is 9.94. The van der Waals surface area contributed by atoms with Gasteiger partial charge in [-0.15, -0.1) is 32.9 Å². The van der Waals surface area contributed by atoms with Crippen LogP contribution < -0.4 is 5.32 Å². The van der Waals surface area contributed by atoms with E-state index in [4.69, 9.17) is 4.98 Å². The number of Topliss-reactive ketones (excluding diaryl/α,β-unsaturated/α-hetero) is 1. The SMILES string of the molecule is CC(=O)Nc1ccc(C(=O)CSc2nnc(-c3sccc3C)c(-c3sccc3C)n2)cc1C. The molecule has 0 aliphatic heterocycles. The van der Waals surface area contributed by atoms with Crippen LogP contribution in [0, 0.1) is 20.8 Å². The topological polar surface area (TPSA) is 84.8 Å². The van der Waals surface area contributed by atoms with Gasteiger partial charge in [-0.1, -0.05) is 11.8 Å². The minimum absolute atomic E-state index is 0.0342. The third-order valence-corrected chi connectivity index (χ3v) is 7.90. The summed E-state index contributed by atoms with van der Waals surface area (Å²) in [4.78, 5) is 31.0. The second-order valence-corrected chi connectivity index (χ2v) is 10.4. The highest BCUT2D eigenvalue weighted by Gasteiger charge is 2.19. The number of nitrogens with one attached hydrogen (secondary N) is 1. The Labute approximate surface area is 204 Å². The lowest BCUT2D eigenvalue weighted by Crippen LogP contribution is -2.09. The van der Waals surface area contributed by atoms with Crippen molar-refractivity contribution in [3.05, 3.63) is 63.3 Å². The lowest BCUT2D eigenvalue weighted by atomic mass is 10.1. The molecular weight excluding hydrogens is 472 g/mol. The van der Waals surface area contributed by atoms with Gasteiger partial charge < -0.3 is 5.32 Å². The van der Waals surface area contributed by atoms with Crippen LogP contribution >= 0.6 is 34.4 Å². The first kappa shape index (κ1) is 23.3. The minimum Gasteiger partial charge on any atom is -0.326 e. The van der Waals surface area contributed by atoms with Crippen molar-refractivity contribution in [2.75, 3.05) is 11.1 Å². The Morgan fingerprint density at radius 3 is 2.15 bits per heavy atom. The zero-order valence-electron chi connectivity index (χ0n) is 18.6. The highest BCUT2D eigenvalue weighted by atomic mass is 32.2. The van der Waals surface area contributed by atoms with Crippen LogP contribution in [0.15, 0.2) is 46.2 Å². The maximum atomic E-state index is 12.8. The maximum Gasteiger partial charge on any atom is 0.221 e. The van der Waals surface area contributed by atoms with Gasteiger partial charge in [-0.05, 0) is 78.6 Å².